The van der Waals surface area contributed by atoms with Gasteiger partial charge in [-0.1, -0.05) is 30.3 Å². The van der Waals surface area contributed by atoms with Crippen LogP contribution in [0.25, 0.3) is 10.9 Å². The van der Waals surface area contributed by atoms with Gasteiger partial charge in [0.25, 0.3) is 11.5 Å². The van der Waals surface area contributed by atoms with Crippen molar-refractivity contribution < 1.29 is 14.3 Å². The van der Waals surface area contributed by atoms with E-state index >= 15 is 0 Å². The molecule has 2 N–H and O–H groups in total. The van der Waals surface area contributed by atoms with Crippen LogP contribution in [0.4, 0.5) is 4.39 Å². The Morgan fingerprint density at radius 1 is 1.18 bits per heavy atom. The van der Waals surface area contributed by atoms with Gasteiger partial charge in [0.05, 0.1) is 6.61 Å². The lowest BCUT2D eigenvalue weighted by Gasteiger charge is -2.42. The van der Waals surface area contributed by atoms with E-state index in [-0.39, 0.29) is 12.2 Å². The first-order chi connectivity index (χ1) is 13.5. The van der Waals surface area contributed by atoms with E-state index < -0.39 is 22.7 Å². The number of amides is 1. The molecule has 0 bridgehead atoms. The number of hydrogen-bond donors (Lipinski definition) is 2. The summed E-state index contributed by atoms with van der Waals surface area (Å²) >= 11 is 0. The predicted molar refractivity (Wildman–Crippen MR) is 105 cm³/mol. The van der Waals surface area contributed by atoms with Crippen LogP contribution in [-0.4, -0.2) is 40.6 Å². The van der Waals surface area contributed by atoms with E-state index in [0.717, 1.165) is 18.4 Å². The molecule has 2 heterocycles. The van der Waals surface area contributed by atoms with Gasteiger partial charge < -0.3 is 15.0 Å². The van der Waals surface area contributed by atoms with Gasteiger partial charge in [0.15, 0.2) is 0 Å². The maximum Gasteiger partial charge on any atom is 0.261 e. The summed E-state index contributed by atoms with van der Waals surface area (Å²) in [6.45, 7) is 0.751. The number of rotatable bonds is 3. The standard InChI is InChI=1S/C22H21FN2O3/c23-17-7-8-19-15(11-17)12-18(20(27)24-19)21(28)25-10-4-9-22(13-25,14-26)16-5-2-1-3-6-16/h1-3,5-8,11-12,26H,4,9-10,13-14H2,(H,24,27). The Morgan fingerprint density at radius 3 is 2.71 bits per heavy atom. The minimum Gasteiger partial charge on any atom is -0.395 e. The van der Waals surface area contributed by atoms with Crippen molar-refractivity contribution >= 4 is 16.8 Å². The first-order valence-corrected chi connectivity index (χ1v) is 9.31. The van der Waals surface area contributed by atoms with Crippen LogP contribution in [0.1, 0.15) is 28.8 Å². The third-order valence-electron chi connectivity index (χ3n) is 5.59. The number of benzene rings is 2. The summed E-state index contributed by atoms with van der Waals surface area (Å²) in [5.74, 6) is -0.833. The van der Waals surface area contributed by atoms with E-state index in [1.165, 1.54) is 24.3 Å². The molecule has 0 radical (unpaired) electrons. The van der Waals surface area contributed by atoms with Crippen LogP contribution < -0.4 is 5.56 Å². The van der Waals surface area contributed by atoms with Crippen molar-refractivity contribution in [3.63, 3.8) is 0 Å². The van der Waals surface area contributed by atoms with Crippen molar-refractivity contribution in [2.45, 2.75) is 18.3 Å². The third kappa shape index (κ3) is 3.20. The number of aromatic amines is 1. The second-order valence-electron chi connectivity index (χ2n) is 7.38. The van der Waals surface area contributed by atoms with Crippen LogP contribution in [0.5, 0.6) is 0 Å². The summed E-state index contributed by atoms with van der Waals surface area (Å²) in [6.07, 6.45) is 1.48. The van der Waals surface area contributed by atoms with E-state index in [0.29, 0.717) is 24.0 Å². The number of halogens is 1. The number of H-pyrrole nitrogens is 1. The normalized spacial score (nSPS) is 19.7. The molecule has 5 nitrogen and oxygen atoms in total. The molecule has 0 saturated carbocycles. The van der Waals surface area contributed by atoms with Gasteiger partial charge in [0.1, 0.15) is 11.4 Å². The van der Waals surface area contributed by atoms with Gasteiger partial charge in [-0.25, -0.2) is 4.39 Å². The summed E-state index contributed by atoms with van der Waals surface area (Å²) < 4.78 is 13.5. The largest absolute Gasteiger partial charge is 0.395 e. The molecule has 1 saturated heterocycles. The van der Waals surface area contributed by atoms with Crippen LogP contribution in [0.3, 0.4) is 0 Å². The lowest BCUT2D eigenvalue weighted by molar-refractivity contribution is 0.0541. The van der Waals surface area contributed by atoms with E-state index in [1.807, 2.05) is 30.3 Å². The summed E-state index contributed by atoms with van der Waals surface area (Å²) in [5, 5.41) is 10.6. The number of carbonyl (C=O) groups is 1. The Morgan fingerprint density at radius 2 is 1.96 bits per heavy atom. The highest BCUT2D eigenvalue weighted by molar-refractivity contribution is 5.97. The summed E-state index contributed by atoms with van der Waals surface area (Å²) in [7, 11) is 0. The number of hydrogen-bond acceptors (Lipinski definition) is 3. The van der Waals surface area contributed by atoms with E-state index in [2.05, 4.69) is 4.98 Å². The molecule has 1 aromatic heterocycles. The van der Waals surface area contributed by atoms with Crippen molar-refractivity contribution in [2.75, 3.05) is 19.7 Å². The van der Waals surface area contributed by atoms with Crippen molar-refractivity contribution in [3.8, 4) is 0 Å². The van der Waals surface area contributed by atoms with Crippen molar-refractivity contribution in [1.29, 1.82) is 0 Å². The van der Waals surface area contributed by atoms with E-state index in [1.54, 1.807) is 4.90 Å². The fraction of sp³-hybridized carbons (Fsp3) is 0.273. The highest BCUT2D eigenvalue weighted by Gasteiger charge is 2.38. The van der Waals surface area contributed by atoms with Gasteiger partial charge in [-0.2, -0.15) is 0 Å². The average Bonchev–Trinajstić information content (AvgIpc) is 2.73. The third-order valence-corrected chi connectivity index (χ3v) is 5.59. The summed E-state index contributed by atoms with van der Waals surface area (Å²) in [5.41, 5.74) is 0.397. The predicted octanol–water partition coefficient (Wildman–Crippen LogP) is 2.83. The molecular formula is C22H21FN2O3. The van der Waals surface area contributed by atoms with Gasteiger partial charge in [-0.3, -0.25) is 9.59 Å². The molecule has 144 valence electrons. The zero-order chi connectivity index (χ0) is 19.7. The minimum absolute atomic E-state index is 0.0140. The number of likely N-dealkylation sites (tertiary alicyclic amines) is 1. The van der Waals surface area contributed by atoms with Crippen LogP contribution in [0.2, 0.25) is 0 Å². The summed E-state index contributed by atoms with van der Waals surface area (Å²) in [6, 6.07) is 15.1. The van der Waals surface area contributed by atoms with E-state index in [9.17, 15) is 19.1 Å². The molecule has 0 spiro atoms. The highest BCUT2D eigenvalue weighted by Crippen LogP contribution is 2.34. The van der Waals surface area contributed by atoms with E-state index in [4.69, 9.17) is 0 Å². The monoisotopic (exact) mass is 380 g/mol. The Bertz CT molecular complexity index is 1080. The molecule has 1 atom stereocenters. The Kier molecular flexibility index (Phi) is 4.73. The number of aromatic nitrogens is 1. The van der Waals surface area contributed by atoms with Crippen LogP contribution >= 0.6 is 0 Å². The molecule has 3 aromatic rings. The van der Waals surface area contributed by atoms with Crippen molar-refractivity contribution in [1.82, 2.24) is 9.88 Å². The van der Waals surface area contributed by atoms with Gasteiger partial charge >= 0.3 is 0 Å². The molecule has 1 aliphatic heterocycles. The number of aliphatic hydroxyl groups excluding tert-OH is 1. The quantitative estimate of drug-likeness (QED) is 0.734. The zero-order valence-corrected chi connectivity index (χ0v) is 15.3. The van der Waals surface area contributed by atoms with Gasteiger partial charge in [-0.15, -0.1) is 0 Å². The fourth-order valence-corrected chi connectivity index (χ4v) is 4.06. The van der Waals surface area contributed by atoms with Gasteiger partial charge in [0.2, 0.25) is 0 Å². The smallest absolute Gasteiger partial charge is 0.261 e. The molecule has 2 aromatic carbocycles. The molecule has 1 amide bonds. The molecule has 1 aliphatic rings. The number of carbonyl (C=O) groups excluding carboxylic acids is 1. The van der Waals surface area contributed by atoms with Gasteiger partial charge in [-0.05, 0) is 42.7 Å². The lowest BCUT2D eigenvalue weighted by Crippen LogP contribution is -2.51. The maximum absolute atomic E-state index is 13.5. The second-order valence-corrected chi connectivity index (χ2v) is 7.38. The molecule has 1 unspecified atom stereocenters. The highest BCUT2D eigenvalue weighted by atomic mass is 19.1. The number of pyridine rings is 1. The van der Waals surface area contributed by atoms with Crippen molar-refractivity contribution in [3.05, 3.63) is 81.9 Å². The SMILES string of the molecule is O=C(c1cc2cc(F)ccc2[nH]c1=O)N1CCCC(CO)(c2ccccc2)C1. The second kappa shape index (κ2) is 7.20. The maximum atomic E-state index is 13.5. The molecule has 1 fully saturated rings. The fourth-order valence-electron chi connectivity index (χ4n) is 4.06. The molecule has 4 rings (SSSR count). The number of aliphatic hydroxyl groups is 1. The van der Waals surface area contributed by atoms with Crippen LogP contribution in [-0.2, 0) is 5.41 Å². The Balaban J connectivity index is 1.69. The number of piperidine rings is 1. The number of nitrogens with zero attached hydrogens (tertiary/aromatic N) is 1. The molecule has 6 heteroatoms. The zero-order valence-electron chi connectivity index (χ0n) is 15.3. The van der Waals surface area contributed by atoms with Crippen LogP contribution in [0, 0.1) is 5.82 Å². The molecular weight excluding hydrogens is 359 g/mol. The topological polar surface area (TPSA) is 73.4 Å². The first-order valence-electron chi connectivity index (χ1n) is 9.31. The Hall–Kier alpha value is -2.99. The number of nitrogens with one attached hydrogen (secondary N) is 1. The van der Waals surface area contributed by atoms with Crippen molar-refractivity contribution in [2.24, 2.45) is 0 Å². The minimum atomic E-state index is -0.551. The number of fused-ring (bicyclic) bond motifs is 1. The average molecular weight is 380 g/mol. The van der Waals surface area contributed by atoms with Gasteiger partial charge in [0, 0.05) is 29.4 Å². The Labute approximate surface area is 161 Å². The lowest BCUT2D eigenvalue weighted by atomic mass is 9.74. The van der Waals surface area contributed by atoms with Crippen LogP contribution in [0.15, 0.2) is 59.4 Å². The summed E-state index contributed by atoms with van der Waals surface area (Å²) in [4.78, 5) is 29.8. The first kappa shape index (κ1) is 18.4. The molecule has 28 heavy (non-hydrogen) atoms. The molecule has 0 aliphatic carbocycles.